The number of nitrogens with one attached hydrogen (secondary N) is 3. The van der Waals surface area contributed by atoms with Crippen molar-refractivity contribution >= 4 is 47.7 Å². The van der Waals surface area contributed by atoms with Gasteiger partial charge in [0.05, 0.1) is 17.3 Å². The zero-order valence-corrected chi connectivity index (χ0v) is 19.9. The van der Waals surface area contributed by atoms with Gasteiger partial charge in [0.25, 0.3) is 0 Å². The van der Waals surface area contributed by atoms with E-state index >= 15 is 0 Å². The molecule has 0 aromatic rings. The minimum Gasteiger partial charge on any atom is -0.356 e. The molecule has 1 heterocycles. The van der Waals surface area contributed by atoms with Crippen LogP contribution in [0.3, 0.4) is 0 Å². The number of carbonyl (C=O) groups excluding carboxylic acids is 3. The third-order valence-electron chi connectivity index (χ3n) is 6.06. The molecule has 1 aliphatic heterocycles. The predicted molar refractivity (Wildman–Crippen MR) is 122 cm³/mol. The predicted octanol–water partition coefficient (Wildman–Crippen LogP) is 0.739. The highest BCUT2D eigenvalue weighted by Crippen LogP contribution is 2.52. The SMILES string of the molecule is CCNC(=O)C(C)(C)CNC(=NC)NCCN1C(=O)C2C3C=CC(C3)C2C1=O.I. The van der Waals surface area contributed by atoms with Crippen molar-refractivity contribution < 1.29 is 14.4 Å². The second kappa shape index (κ2) is 9.44. The van der Waals surface area contributed by atoms with E-state index < -0.39 is 5.41 Å². The number of rotatable bonds is 7. The number of allylic oxidation sites excluding steroid dienone is 2. The van der Waals surface area contributed by atoms with E-state index in [1.807, 2.05) is 20.8 Å². The average molecular weight is 517 g/mol. The number of fused-ring (bicyclic) bond motifs is 5. The summed E-state index contributed by atoms with van der Waals surface area (Å²) in [6.45, 7) is 7.36. The van der Waals surface area contributed by atoms with Crippen LogP contribution in [-0.2, 0) is 14.4 Å². The second-order valence-corrected chi connectivity index (χ2v) is 8.42. The standard InChI is InChI=1S/C20H31N5O3.HI/c1-5-22-18(28)20(2,3)11-24-19(21-4)23-8-9-25-16(26)14-12-6-7-13(10-12)15(14)17(25)27;/h6-7,12-15H,5,8-11H2,1-4H3,(H,22,28)(H2,21,23,24);1H. The summed E-state index contributed by atoms with van der Waals surface area (Å²) in [4.78, 5) is 43.0. The van der Waals surface area contributed by atoms with Gasteiger partial charge in [0, 0.05) is 33.2 Å². The first-order valence-corrected chi connectivity index (χ1v) is 10.1. The molecule has 0 radical (unpaired) electrons. The van der Waals surface area contributed by atoms with E-state index in [0.29, 0.717) is 32.1 Å². The summed E-state index contributed by atoms with van der Waals surface area (Å²) < 4.78 is 0. The normalized spacial score (nSPS) is 27.7. The van der Waals surface area contributed by atoms with Crippen LogP contribution in [-0.4, -0.2) is 61.8 Å². The van der Waals surface area contributed by atoms with Crippen molar-refractivity contribution in [1.29, 1.82) is 0 Å². The molecule has 2 aliphatic carbocycles. The van der Waals surface area contributed by atoms with E-state index in [0.717, 1.165) is 6.42 Å². The Balaban J connectivity index is 0.00000300. The number of amides is 3. The molecule has 4 unspecified atom stereocenters. The minimum atomic E-state index is -0.585. The van der Waals surface area contributed by atoms with Crippen LogP contribution < -0.4 is 16.0 Å². The van der Waals surface area contributed by atoms with Gasteiger partial charge in [0.2, 0.25) is 17.7 Å². The quantitative estimate of drug-likeness (QED) is 0.152. The van der Waals surface area contributed by atoms with Crippen LogP contribution in [0, 0.1) is 29.1 Å². The lowest BCUT2D eigenvalue weighted by Gasteiger charge is -2.25. The lowest BCUT2D eigenvalue weighted by molar-refractivity contribution is -0.140. The molecule has 4 atom stereocenters. The highest BCUT2D eigenvalue weighted by Gasteiger charge is 2.58. The molecule has 29 heavy (non-hydrogen) atoms. The number of carbonyl (C=O) groups is 3. The molecule has 8 nitrogen and oxygen atoms in total. The molecular formula is C20H32IN5O3. The fraction of sp³-hybridized carbons (Fsp3) is 0.700. The molecule has 2 bridgehead atoms. The number of hydrogen-bond donors (Lipinski definition) is 3. The average Bonchev–Trinajstić information content (AvgIpc) is 3.33. The van der Waals surface area contributed by atoms with Crippen molar-refractivity contribution in [2.75, 3.05) is 33.2 Å². The maximum Gasteiger partial charge on any atom is 0.233 e. The van der Waals surface area contributed by atoms with Crippen LogP contribution in [0.25, 0.3) is 0 Å². The van der Waals surface area contributed by atoms with Gasteiger partial charge in [-0.25, -0.2) is 0 Å². The first-order valence-electron chi connectivity index (χ1n) is 10.1. The van der Waals surface area contributed by atoms with Crippen molar-refractivity contribution in [2.24, 2.45) is 34.1 Å². The number of halogens is 1. The molecule has 0 aromatic heterocycles. The largest absolute Gasteiger partial charge is 0.356 e. The maximum absolute atomic E-state index is 12.7. The Hall–Kier alpha value is -1.65. The number of nitrogens with zero attached hydrogens (tertiary/aromatic N) is 2. The summed E-state index contributed by atoms with van der Waals surface area (Å²) in [6.07, 6.45) is 5.14. The van der Waals surface area contributed by atoms with Crippen LogP contribution in [0.4, 0.5) is 0 Å². The molecule has 0 aromatic carbocycles. The van der Waals surface area contributed by atoms with Gasteiger partial charge in [-0.2, -0.15) is 0 Å². The number of imide groups is 1. The van der Waals surface area contributed by atoms with Crippen LogP contribution in [0.1, 0.15) is 27.2 Å². The highest BCUT2D eigenvalue weighted by molar-refractivity contribution is 14.0. The fourth-order valence-corrected chi connectivity index (χ4v) is 4.48. The Morgan fingerprint density at radius 3 is 2.24 bits per heavy atom. The Bertz CT molecular complexity index is 691. The summed E-state index contributed by atoms with van der Waals surface area (Å²) in [7, 11) is 1.65. The van der Waals surface area contributed by atoms with Crippen molar-refractivity contribution in [1.82, 2.24) is 20.9 Å². The van der Waals surface area contributed by atoms with Crippen LogP contribution >= 0.6 is 24.0 Å². The van der Waals surface area contributed by atoms with E-state index in [4.69, 9.17) is 0 Å². The second-order valence-electron chi connectivity index (χ2n) is 8.42. The lowest BCUT2D eigenvalue weighted by atomic mass is 9.85. The van der Waals surface area contributed by atoms with Gasteiger partial charge in [-0.3, -0.25) is 24.3 Å². The van der Waals surface area contributed by atoms with Gasteiger partial charge < -0.3 is 16.0 Å². The molecule has 1 saturated carbocycles. The van der Waals surface area contributed by atoms with Gasteiger partial charge in [0.1, 0.15) is 0 Å². The first kappa shape index (κ1) is 23.6. The minimum absolute atomic E-state index is 0. The summed E-state index contributed by atoms with van der Waals surface area (Å²) in [6, 6.07) is 0. The number of likely N-dealkylation sites (tertiary alicyclic amines) is 1. The molecule has 3 N–H and O–H groups in total. The molecule has 3 amide bonds. The topological polar surface area (TPSA) is 103 Å². The van der Waals surface area contributed by atoms with Gasteiger partial charge in [-0.05, 0) is 39.0 Å². The molecule has 3 aliphatic rings. The molecule has 0 spiro atoms. The van der Waals surface area contributed by atoms with E-state index in [1.165, 1.54) is 4.90 Å². The van der Waals surface area contributed by atoms with Crippen LogP contribution in [0.2, 0.25) is 0 Å². The van der Waals surface area contributed by atoms with Gasteiger partial charge in [0.15, 0.2) is 5.96 Å². The summed E-state index contributed by atoms with van der Waals surface area (Å²) in [5.74, 6) is 0.601. The van der Waals surface area contributed by atoms with Gasteiger partial charge in [-0.1, -0.05) is 12.2 Å². The van der Waals surface area contributed by atoms with E-state index in [2.05, 4.69) is 33.1 Å². The lowest BCUT2D eigenvalue weighted by Crippen LogP contribution is -2.49. The maximum atomic E-state index is 12.7. The van der Waals surface area contributed by atoms with E-state index in [1.54, 1.807) is 7.05 Å². The fourth-order valence-electron chi connectivity index (χ4n) is 4.48. The van der Waals surface area contributed by atoms with Crippen LogP contribution in [0.15, 0.2) is 17.1 Å². The highest BCUT2D eigenvalue weighted by atomic mass is 127. The zero-order chi connectivity index (χ0) is 20.5. The number of hydrogen-bond acceptors (Lipinski definition) is 4. The number of aliphatic imine (C=N–C) groups is 1. The van der Waals surface area contributed by atoms with E-state index in [-0.39, 0.29) is 65.4 Å². The van der Waals surface area contributed by atoms with Crippen molar-refractivity contribution in [3.05, 3.63) is 12.2 Å². The third kappa shape index (κ3) is 4.59. The molecule has 162 valence electrons. The van der Waals surface area contributed by atoms with Gasteiger partial charge >= 0.3 is 0 Å². The van der Waals surface area contributed by atoms with Crippen molar-refractivity contribution in [3.63, 3.8) is 0 Å². The molecule has 9 heteroatoms. The number of guanidine groups is 1. The zero-order valence-electron chi connectivity index (χ0n) is 17.5. The van der Waals surface area contributed by atoms with Crippen molar-refractivity contribution in [3.8, 4) is 0 Å². The first-order chi connectivity index (χ1) is 13.3. The molecule has 3 rings (SSSR count). The smallest absolute Gasteiger partial charge is 0.233 e. The van der Waals surface area contributed by atoms with Crippen LogP contribution in [0.5, 0.6) is 0 Å². The Morgan fingerprint density at radius 1 is 1.14 bits per heavy atom. The van der Waals surface area contributed by atoms with Gasteiger partial charge in [-0.15, -0.1) is 24.0 Å². The molecule has 2 fully saturated rings. The third-order valence-corrected chi connectivity index (χ3v) is 6.06. The monoisotopic (exact) mass is 517 g/mol. The summed E-state index contributed by atoms with van der Waals surface area (Å²) in [5.41, 5.74) is -0.585. The van der Waals surface area contributed by atoms with Crippen molar-refractivity contribution in [2.45, 2.75) is 27.2 Å². The summed E-state index contributed by atoms with van der Waals surface area (Å²) in [5, 5.41) is 9.09. The molecule has 1 saturated heterocycles. The molecular weight excluding hydrogens is 485 g/mol. The Morgan fingerprint density at radius 2 is 1.72 bits per heavy atom. The Kier molecular flexibility index (Phi) is 7.69. The van der Waals surface area contributed by atoms with E-state index in [9.17, 15) is 14.4 Å². The summed E-state index contributed by atoms with van der Waals surface area (Å²) >= 11 is 0. The Labute approximate surface area is 189 Å².